The number of nitro benzene ring substituents is 1. The van der Waals surface area contributed by atoms with Crippen LogP contribution in [0.1, 0.15) is 31.0 Å². The molecule has 0 bridgehead atoms. The lowest BCUT2D eigenvalue weighted by Crippen LogP contribution is -1.98. The van der Waals surface area contributed by atoms with Crippen molar-refractivity contribution in [2.24, 2.45) is 0 Å². The number of rotatable bonds is 5. The second-order valence-corrected chi connectivity index (χ2v) is 4.75. The molecule has 1 atom stereocenters. The summed E-state index contributed by atoms with van der Waals surface area (Å²) in [4.78, 5) is 13.5. The maximum Gasteiger partial charge on any atom is 0.305 e. The van der Waals surface area contributed by atoms with Crippen LogP contribution >= 0.6 is 11.6 Å². The molecule has 2 rings (SSSR count). The van der Waals surface area contributed by atoms with Crippen molar-refractivity contribution in [2.45, 2.75) is 25.1 Å². The van der Waals surface area contributed by atoms with Gasteiger partial charge in [0.25, 0.3) is 5.89 Å². The second-order valence-electron chi connectivity index (χ2n) is 4.23. The molecule has 0 spiro atoms. The van der Waals surface area contributed by atoms with Crippen LogP contribution in [0, 0.1) is 21.7 Å². The van der Waals surface area contributed by atoms with Crippen molar-refractivity contribution in [3.8, 4) is 11.5 Å². The van der Waals surface area contributed by atoms with Gasteiger partial charge in [0.1, 0.15) is 11.4 Å². The van der Waals surface area contributed by atoms with Crippen molar-refractivity contribution in [3.05, 3.63) is 39.7 Å². The van der Waals surface area contributed by atoms with Crippen molar-refractivity contribution >= 4 is 17.3 Å². The molecule has 0 N–H and O–H groups in total. The summed E-state index contributed by atoms with van der Waals surface area (Å²) < 4.78 is 32.5. The van der Waals surface area contributed by atoms with E-state index in [9.17, 15) is 18.9 Å². The van der Waals surface area contributed by atoms with E-state index in [1.807, 2.05) is 6.92 Å². The Labute approximate surface area is 122 Å². The lowest BCUT2D eigenvalue weighted by molar-refractivity contribution is -0.387. The Morgan fingerprint density at radius 3 is 2.81 bits per heavy atom. The van der Waals surface area contributed by atoms with Gasteiger partial charge in [0, 0.05) is 6.07 Å². The minimum atomic E-state index is -1.36. The van der Waals surface area contributed by atoms with Crippen LogP contribution in [0.3, 0.4) is 0 Å². The summed E-state index contributed by atoms with van der Waals surface area (Å²) in [5.41, 5.74) is -1.61. The number of aromatic nitrogens is 2. The average molecular weight is 318 g/mol. The lowest BCUT2D eigenvalue weighted by atomic mass is 10.1. The monoisotopic (exact) mass is 317 g/mol. The maximum absolute atomic E-state index is 14.0. The van der Waals surface area contributed by atoms with E-state index in [1.165, 1.54) is 0 Å². The summed E-state index contributed by atoms with van der Waals surface area (Å²) in [6, 6.07) is 1.50. The number of nitrogens with zero attached hydrogens (tertiary/aromatic N) is 3. The number of nitro groups is 1. The van der Waals surface area contributed by atoms with E-state index in [4.69, 9.17) is 16.1 Å². The van der Waals surface area contributed by atoms with Crippen LogP contribution < -0.4 is 0 Å². The molecule has 0 saturated heterocycles. The van der Waals surface area contributed by atoms with Crippen LogP contribution in [0.4, 0.5) is 14.5 Å². The highest BCUT2D eigenvalue weighted by Crippen LogP contribution is 2.32. The smallest absolute Gasteiger partial charge is 0.305 e. The maximum atomic E-state index is 14.0. The van der Waals surface area contributed by atoms with E-state index in [-0.39, 0.29) is 5.82 Å². The number of halogens is 3. The molecular weight excluding hydrogens is 308 g/mol. The first-order valence-corrected chi connectivity index (χ1v) is 6.49. The fourth-order valence-corrected chi connectivity index (χ4v) is 2.03. The first kappa shape index (κ1) is 15.3. The Hall–Kier alpha value is -2.09. The zero-order valence-corrected chi connectivity index (χ0v) is 11.6. The molecule has 6 nitrogen and oxygen atoms in total. The van der Waals surface area contributed by atoms with Crippen molar-refractivity contribution in [3.63, 3.8) is 0 Å². The largest absolute Gasteiger partial charge is 0.334 e. The van der Waals surface area contributed by atoms with Crippen LogP contribution in [0.15, 0.2) is 16.7 Å². The summed E-state index contributed by atoms with van der Waals surface area (Å²) in [7, 11) is 0. The first-order valence-electron chi connectivity index (χ1n) is 6.06. The summed E-state index contributed by atoms with van der Waals surface area (Å²) in [5.74, 6) is -2.80. The van der Waals surface area contributed by atoms with Gasteiger partial charge < -0.3 is 4.52 Å². The molecule has 0 fully saturated rings. The quantitative estimate of drug-likeness (QED) is 0.473. The highest BCUT2D eigenvalue weighted by Gasteiger charge is 2.27. The zero-order chi connectivity index (χ0) is 15.6. The average Bonchev–Trinajstić information content (AvgIpc) is 2.88. The van der Waals surface area contributed by atoms with Crippen molar-refractivity contribution < 1.29 is 18.2 Å². The van der Waals surface area contributed by atoms with E-state index in [1.54, 1.807) is 0 Å². The van der Waals surface area contributed by atoms with E-state index in [2.05, 4.69) is 10.1 Å². The SMILES string of the molecule is CCCC(Cl)c1noc(-c2c(F)ccc([N+](=O)[O-])c2F)n1. The Balaban J connectivity index is 2.47. The Morgan fingerprint density at radius 1 is 1.48 bits per heavy atom. The molecule has 21 heavy (non-hydrogen) atoms. The van der Waals surface area contributed by atoms with E-state index >= 15 is 0 Å². The minimum absolute atomic E-state index is 0.0822. The van der Waals surface area contributed by atoms with Crippen LogP contribution in [-0.4, -0.2) is 15.1 Å². The van der Waals surface area contributed by atoms with Crippen LogP contribution in [-0.2, 0) is 0 Å². The molecular formula is C12H10ClF2N3O3. The van der Waals surface area contributed by atoms with Crippen molar-refractivity contribution in [2.75, 3.05) is 0 Å². The third kappa shape index (κ3) is 2.99. The van der Waals surface area contributed by atoms with Gasteiger partial charge in [-0.3, -0.25) is 10.1 Å². The Bertz CT molecular complexity index is 678. The van der Waals surface area contributed by atoms with Gasteiger partial charge >= 0.3 is 5.69 Å². The fourth-order valence-electron chi connectivity index (χ4n) is 1.72. The number of benzene rings is 1. The Morgan fingerprint density at radius 2 is 2.19 bits per heavy atom. The minimum Gasteiger partial charge on any atom is -0.334 e. The normalized spacial score (nSPS) is 12.4. The highest BCUT2D eigenvalue weighted by molar-refractivity contribution is 6.20. The molecule has 1 unspecified atom stereocenters. The van der Waals surface area contributed by atoms with Crippen molar-refractivity contribution in [1.29, 1.82) is 0 Å². The molecule has 1 aromatic carbocycles. The van der Waals surface area contributed by atoms with Gasteiger partial charge in [0.2, 0.25) is 5.82 Å². The molecule has 2 aromatic rings. The van der Waals surface area contributed by atoms with Gasteiger partial charge in [-0.15, -0.1) is 11.6 Å². The topological polar surface area (TPSA) is 82.1 Å². The number of alkyl halides is 1. The third-order valence-electron chi connectivity index (χ3n) is 2.75. The van der Waals surface area contributed by atoms with Gasteiger partial charge in [-0.2, -0.15) is 9.37 Å². The van der Waals surface area contributed by atoms with E-state index < -0.39 is 39.1 Å². The summed E-state index contributed by atoms with van der Waals surface area (Å²) in [5, 5.41) is 13.7. The van der Waals surface area contributed by atoms with Gasteiger partial charge in [0.15, 0.2) is 5.82 Å². The fraction of sp³-hybridized carbons (Fsp3) is 0.333. The number of hydrogen-bond donors (Lipinski definition) is 0. The van der Waals surface area contributed by atoms with E-state index in [0.29, 0.717) is 6.42 Å². The summed E-state index contributed by atoms with van der Waals surface area (Å²) in [6.45, 7) is 1.90. The molecule has 0 aliphatic carbocycles. The van der Waals surface area contributed by atoms with Crippen LogP contribution in [0.25, 0.3) is 11.5 Å². The molecule has 1 aromatic heterocycles. The zero-order valence-electron chi connectivity index (χ0n) is 10.8. The van der Waals surface area contributed by atoms with Gasteiger partial charge in [0.05, 0.1) is 10.3 Å². The molecule has 112 valence electrons. The molecule has 0 aliphatic heterocycles. The second kappa shape index (κ2) is 6.13. The summed E-state index contributed by atoms with van der Waals surface area (Å²) in [6.07, 6.45) is 1.32. The molecule has 1 heterocycles. The van der Waals surface area contributed by atoms with Gasteiger partial charge in [-0.25, -0.2) is 4.39 Å². The number of hydrogen-bond acceptors (Lipinski definition) is 5. The molecule has 0 radical (unpaired) electrons. The lowest BCUT2D eigenvalue weighted by Gasteiger charge is -2.01. The highest BCUT2D eigenvalue weighted by atomic mass is 35.5. The summed E-state index contributed by atoms with van der Waals surface area (Å²) >= 11 is 5.99. The first-order chi connectivity index (χ1) is 9.95. The predicted octanol–water partition coefficient (Wildman–Crippen LogP) is 4.00. The van der Waals surface area contributed by atoms with Gasteiger partial charge in [-0.1, -0.05) is 18.5 Å². The van der Waals surface area contributed by atoms with Crippen LogP contribution in [0.2, 0.25) is 0 Å². The predicted molar refractivity (Wildman–Crippen MR) is 69.8 cm³/mol. The van der Waals surface area contributed by atoms with E-state index in [0.717, 1.165) is 18.6 Å². The molecule has 0 saturated carbocycles. The molecule has 0 amide bonds. The Kier molecular flexibility index (Phi) is 4.46. The van der Waals surface area contributed by atoms with Crippen LogP contribution in [0.5, 0.6) is 0 Å². The third-order valence-corrected chi connectivity index (χ3v) is 3.16. The molecule has 9 heteroatoms. The molecule has 0 aliphatic rings. The standard InChI is InChI=1S/C12H10ClF2N3O3/c1-2-3-6(13)11-16-12(21-17-11)9-7(14)4-5-8(10(9)15)18(19)20/h4-6H,2-3H2,1H3. The van der Waals surface area contributed by atoms with Crippen molar-refractivity contribution in [1.82, 2.24) is 10.1 Å². The van der Waals surface area contributed by atoms with Gasteiger partial charge in [-0.05, 0) is 12.5 Å².